The van der Waals surface area contributed by atoms with Crippen LogP contribution in [0.25, 0.3) is 0 Å². The predicted octanol–water partition coefficient (Wildman–Crippen LogP) is 1.36. The first-order chi connectivity index (χ1) is 8.76. The Bertz CT molecular complexity index is 434. The maximum atomic E-state index is 11.8. The molecule has 0 spiro atoms. The highest BCUT2D eigenvalue weighted by Gasteiger charge is 2.29. The van der Waals surface area contributed by atoms with Crippen molar-refractivity contribution in [1.29, 1.82) is 0 Å². The van der Waals surface area contributed by atoms with Crippen molar-refractivity contribution in [3.05, 3.63) is 15.6 Å². The number of aromatic nitrogens is 1. The van der Waals surface area contributed by atoms with E-state index in [1.807, 2.05) is 4.90 Å². The molecule has 5 heteroatoms. The van der Waals surface area contributed by atoms with E-state index in [1.54, 1.807) is 11.3 Å². The second-order valence-corrected chi connectivity index (χ2v) is 6.38. The Balaban J connectivity index is 1.69. The quantitative estimate of drug-likeness (QED) is 0.899. The van der Waals surface area contributed by atoms with Gasteiger partial charge in [0.15, 0.2) is 0 Å². The zero-order valence-electron chi connectivity index (χ0n) is 10.4. The number of aliphatic hydroxyl groups excluding tert-OH is 1. The van der Waals surface area contributed by atoms with Crippen LogP contribution in [0.4, 0.5) is 0 Å². The van der Waals surface area contributed by atoms with Crippen molar-refractivity contribution in [3.8, 4) is 0 Å². The fourth-order valence-corrected chi connectivity index (χ4v) is 3.94. The molecule has 1 fully saturated rings. The highest BCUT2D eigenvalue weighted by atomic mass is 32.1. The summed E-state index contributed by atoms with van der Waals surface area (Å²) in [7, 11) is 0. The summed E-state index contributed by atoms with van der Waals surface area (Å²) in [6.07, 6.45) is 5.25. The number of likely N-dealkylation sites (tertiary alicyclic amines) is 1. The molecule has 1 saturated heterocycles. The van der Waals surface area contributed by atoms with E-state index >= 15 is 0 Å². The Morgan fingerprint density at radius 2 is 2.22 bits per heavy atom. The van der Waals surface area contributed by atoms with Crippen molar-refractivity contribution in [2.45, 2.75) is 38.6 Å². The number of aliphatic hydroxyl groups is 1. The number of amides is 1. The van der Waals surface area contributed by atoms with Crippen molar-refractivity contribution in [3.63, 3.8) is 0 Å². The molecule has 1 aromatic rings. The van der Waals surface area contributed by atoms with Gasteiger partial charge in [0, 0.05) is 30.4 Å². The van der Waals surface area contributed by atoms with E-state index < -0.39 is 0 Å². The summed E-state index contributed by atoms with van der Waals surface area (Å²) in [6, 6.07) is 0. The number of carbonyl (C=O) groups excluding carboxylic acids is 1. The first-order valence-corrected chi connectivity index (χ1v) is 7.44. The van der Waals surface area contributed by atoms with Crippen LogP contribution in [0.1, 0.15) is 34.8 Å². The Kier molecular flexibility index (Phi) is 3.35. The lowest BCUT2D eigenvalue weighted by Crippen LogP contribution is -2.24. The van der Waals surface area contributed by atoms with Crippen molar-refractivity contribution in [2.75, 3.05) is 13.2 Å². The molecule has 1 aliphatic carbocycles. The van der Waals surface area contributed by atoms with Crippen LogP contribution in [0.5, 0.6) is 0 Å². The first kappa shape index (κ1) is 12.1. The van der Waals surface area contributed by atoms with Crippen LogP contribution in [0.3, 0.4) is 0 Å². The Morgan fingerprint density at radius 3 is 2.94 bits per heavy atom. The van der Waals surface area contributed by atoms with Crippen molar-refractivity contribution >= 4 is 17.2 Å². The number of thiazole rings is 1. The van der Waals surface area contributed by atoms with Gasteiger partial charge in [-0.05, 0) is 25.7 Å². The van der Waals surface area contributed by atoms with Crippen LogP contribution in [0.15, 0.2) is 0 Å². The maximum Gasteiger partial charge on any atom is 0.223 e. The van der Waals surface area contributed by atoms with Crippen LogP contribution in [-0.2, 0) is 24.2 Å². The molecule has 3 rings (SSSR count). The van der Waals surface area contributed by atoms with Crippen LogP contribution in [0, 0.1) is 5.92 Å². The molecule has 0 bridgehead atoms. The van der Waals surface area contributed by atoms with E-state index in [0.29, 0.717) is 19.5 Å². The van der Waals surface area contributed by atoms with Gasteiger partial charge in [0.2, 0.25) is 5.91 Å². The van der Waals surface area contributed by atoms with E-state index in [0.717, 1.165) is 17.8 Å². The van der Waals surface area contributed by atoms with Crippen LogP contribution in [-0.4, -0.2) is 34.0 Å². The van der Waals surface area contributed by atoms with Gasteiger partial charge in [-0.25, -0.2) is 4.98 Å². The molecule has 1 atom stereocenters. The smallest absolute Gasteiger partial charge is 0.223 e. The van der Waals surface area contributed by atoms with Crippen molar-refractivity contribution in [1.82, 2.24) is 9.88 Å². The van der Waals surface area contributed by atoms with Crippen LogP contribution < -0.4 is 0 Å². The Labute approximate surface area is 111 Å². The number of hydrogen-bond donors (Lipinski definition) is 1. The number of carbonyl (C=O) groups is 1. The lowest BCUT2D eigenvalue weighted by Gasteiger charge is -2.14. The molecule has 0 aromatic carbocycles. The minimum atomic E-state index is 0.108. The fraction of sp³-hybridized carbons (Fsp3) is 0.692. The van der Waals surface area contributed by atoms with Gasteiger partial charge < -0.3 is 10.0 Å². The summed E-state index contributed by atoms with van der Waals surface area (Å²) < 4.78 is 0. The fourth-order valence-electron chi connectivity index (χ4n) is 2.77. The zero-order chi connectivity index (χ0) is 12.5. The lowest BCUT2D eigenvalue weighted by atomic mass is 10.0. The summed E-state index contributed by atoms with van der Waals surface area (Å²) >= 11 is 1.77. The average Bonchev–Trinajstić information content (AvgIpc) is 2.93. The summed E-state index contributed by atoms with van der Waals surface area (Å²) in [5, 5.41) is 10.2. The zero-order valence-corrected chi connectivity index (χ0v) is 11.2. The highest BCUT2D eigenvalue weighted by molar-refractivity contribution is 7.11. The number of hydrogen-bond acceptors (Lipinski definition) is 4. The molecular formula is C13H18N2O2S. The minimum absolute atomic E-state index is 0.108. The first-order valence-electron chi connectivity index (χ1n) is 6.62. The molecule has 2 heterocycles. The van der Waals surface area contributed by atoms with Gasteiger partial charge in [-0.15, -0.1) is 11.3 Å². The van der Waals surface area contributed by atoms with E-state index in [1.165, 1.54) is 23.4 Å². The Morgan fingerprint density at radius 1 is 1.39 bits per heavy atom. The van der Waals surface area contributed by atoms with E-state index in [4.69, 9.17) is 5.11 Å². The number of rotatable bonds is 3. The molecule has 1 unspecified atom stereocenters. The third-order valence-corrected chi connectivity index (χ3v) is 4.91. The van der Waals surface area contributed by atoms with E-state index in [-0.39, 0.29) is 18.4 Å². The van der Waals surface area contributed by atoms with Gasteiger partial charge >= 0.3 is 0 Å². The van der Waals surface area contributed by atoms with Gasteiger partial charge in [-0.1, -0.05) is 0 Å². The van der Waals surface area contributed by atoms with Crippen LogP contribution in [0.2, 0.25) is 0 Å². The molecule has 98 valence electrons. The summed E-state index contributed by atoms with van der Waals surface area (Å²) in [5.74, 6) is 0.273. The third kappa shape index (κ3) is 2.29. The van der Waals surface area contributed by atoms with Gasteiger partial charge in [-0.2, -0.15) is 0 Å². The van der Waals surface area contributed by atoms with Gasteiger partial charge in [0.25, 0.3) is 0 Å². The molecule has 1 aliphatic heterocycles. The van der Waals surface area contributed by atoms with Crippen molar-refractivity contribution in [2.24, 2.45) is 5.92 Å². The SMILES string of the molecule is O=C1CC(CO)CN1Cc1nc2c(s1)CCCC2. The molecule has 4 nitrogen and oxygen atoms in total. The lowest BCUT2D eigenvalue weighted by molar-refractivity contribution is -0.128. The summed E-state index contributed by atoms with van der Waals surface area (Å²) in [4.78, 5) is 19.7. The average molecular weight is 266 g/mol. The second-order valence-electron chi connectivity index (χ2n) is 5.21. The predicted molar refractivity (Wildman–Crippen MR) is 69.4 cm³/mol. The normalized spacial score (nSPS) is 23.5. The van der Waals surface area contributed by atoms with Gasteiger partial charge in [0.05, 0.1) is 12.2 Å². The standard InChI is InChI=1S/C13H18N2O2S/c16-8-9-5-13(17)15(6-9)7-12-14-10-3-1-2-4-11(10)18-12/h9,16H,1-8H2. The van der Waals surface area contributed by atoms with E-state index in [2.05, 4.69) is 4.98 Å². The number of nitrogens with zero attached hydrogens (tertiary/aromatic N) is 2. The molecule has 1 aromatic heterocycles. The molecule has 1 N–H and O–H groups in total. The monoisotopic (exact) mass is 266 g/mol. The molecule has 0 saturated carbocycles. The summed E-state index contributed by atoms with van der Waals surface area (Å²) in [6.45, 7) is 1.42. The highest BCUT2D eigenvalue weighted by Crippen LogP contribution is 2.28. The van der Waals surface area contributed by atoms with Crippen molar-refractivity contribution < 1.29 is 9.90 Å². The molecule has 18 heavy (non-hydrogen) atoms. The Hall–Kier alpha value is -0.940. The maximum absolute atomic E-state index is 11.8. The molecule has 0 radical (unpaired) electrons. The third-order valence-electron chi connectivity index (χ3n) is 3.77. The minimum Gasteiger partial charge on any atom is -0.396 e. The van der Waals surface area contributed by atoms with Crippen LogP contribution >= 0.6 is 11.3 Å². The number of fused-ring (bicyclic) bond motifs is 1. The second kappa shape index (κ2) is 4.97. The molecule has 1 amide bonds. The summed E-state index contributed by atoms with van der Waals surface area (Å²) in [5.41, 5.74) is 1.26. The van der Waals surface area contributed by atoms with E-state index in [9.17, 15) is 4.79 Å². The topological polar surface area (TPSA) is 53.4 Å². The van der Waals surface area contributed by atoms with Gasteiger partial charge in [0.1, 0.15) is 5.01 Å². The molecule has 2 aliphatic rings. The number of aryl methyl sites for hydroxylation is 2. The molecular weight excluding hydrogens is 248 g/mol. The van der Waals surface area contributed by atoms with Gasteiger partial charge in [-0.3, -0.25) is 4.79 Å². The largest absolute Gasteiger partial charge is 0.396 e.